The van der Waals surface area contributed by atoms with Gasteiger partial charge in [0.25, 0.3) is 0 Å². The molecule has 2 nitrogen and oxygen atoms in total. The molecule has 78 valence electrons. The van der Waals surface area contributed by atoms with Crippen LogP contribution in [0.25, 0.3) is 0 Å². The molecule has 0 saturated carbocycles. The number of alkyl halides is 3. The van der Waals surface area contributed by atoms with Crippen LogP contribution >= 0.6 is 0 Å². The number of carbonyl (C=O) groups is 1. The van der Waals surface area contributed by atoms with E-state index in [1.807, 2.05) is 5.32 Å². The number of amides is 1. The van der Waals surface area contributed by atoms with Gasteiger partial charge in [-0.1, -0.05) is 13.8 Å². The molecule has 0 aliphatic rings. The summed E-state index contributed by atoms with van der Waals surface area (Å²) in [5.74, 6) is -1.78. The van der Waals surface area contributed by atoms with Crippen LogP contribution in [-0.2, 0) is 4.79 Å². The van der Waals surface area contributed by atoms with Crippen molar-refractivity contribution in [2.45, 2.75) is 26.9 Å². The van der Waals surface area contributed by atoms with E-state index < -0.39 is 23.4 Å². The van der Waals surface area contributed by atoms with Crippen molar-refractivity contribution in [2.24, 2.45) is 11.3 Å². The van der Waals surface area contributed by atoms with Crippen LogP contribution in [0.5, 0.6) is 0 Å². The maximum atomic E-state index is 12.5. The summed E-state index contributed by atoms with van der Waals surface area (Å²) in [6.45, 7) is 3.67. The smallest absolute Gasteiger partial charge is 0.358 e. The zero-order chi connectivity index (χ0) is 10.9. The Hall–Kier alpha value is -0.740. The van der Waals surface area contributed by atoms with E-state index in [0.29, 0.717) is 0 Å². The number of hydrogen-bond acceptors (Lipinski definition) is 1. The molecule has 0 spiro atoms. The summed E-state index contributed by atoms with van der Waals surface area (Å²) in [6, 6.07) is 0. The number of halogens is 3. The van der Waals surface area contributed by atoms with Gasteiger partial charge in [0.1, 0.15) is 5.41 Å². The van der Waals surface area contributed by atoms with Crippen LogP contribution in [0.3, 0.4) is 0 Å². The van der Waals surface area contributed by atoms with E-state index in [4.69, 9.17) is 0 Å². The van der Waals surface area contributed by atoms with Gasteiger partial charge in [0.2, 0.25) is 5.91 Å². The fraction of sp³-hybridized carbons (Fsp3) is 0.875. The average Bonchev–Trinajstić information content (AvgIpc) is 1.98. The minimum Gasteiger partial charge on any atom is -0.358 e. The van der Waals surface area contributed by atoms with Crippen molar-refractivity contribution >= 4 is 5.91 Å². The lowest BCUT2D eigenvalue weighted by molar-refractivity contribution is -0.228. The number of rotatable bonds is 2. The summed E-state index contributed by atoms with van der Waals surface area (Å²) in [5, 5.41) is 2.03. The van der Waals surface area contributed by atoms with E-state index in [-0.39, 0.29) is 0 Å². The molecular formula is C8H14F3NO. The summed E-state index contributed by atoms with van der Waals surface area (Å²) in [7, 11) is 1.20. The fourth-order valence-corrected chi connectivity index (χ4v) is 0.978. The Morgan fingerprint density at radius 3 is 1.77 bits per heavy atom. The van der Waals surface area contributed by atoms with Gasteiger partial charge in [-0.2, -0.15) is 13.2 Å². The van der Waals surface area contributed by atoms with Gasteiger partial charge < -0.3 is 5.32 Å². The molecule has 0 aromatic rings. The molecule has 1 amide bonds. The highest BCUT2D eigenvalue weighted by Crippen LogP contribution is 2.43. The molecule has 1 atom stereocenters. The molecular weight excluding hydrogens is 183 g/mol. The molecule has 5 heteroatoms. The van der Waals surface area contributed by atoms with Crippen LogP contribution in [-0.4, -0.2) is 19.1 Å². The quantitative estimate of drug-likeness (QED) is 0.720. The van der Waals surface area contributed by atoms with Gasteiger partial charge in [-0.3, -0.25) is 4.79 Å². The van der Waals surface area contributed by atoms with E-state index >= 15 is 0 Å². The second kappa shape index (κ2) is 3.55. The largest absolute Gasteiger partial charge is 0.403 e. The molecule has 0 rings (SSSR count). The van der Waals surface area contributed by atoms with E-state index in [2.05, 4.69) is 0 Å². The lowest BCUT2D eigenvalue weighted by Crippen LogP contribution is -2.51. The number of hydrogen-bond donors (Lipinski definition) is 1. The Bertz CT molecular complexity index is 200. The highest BCUT2D eigenvalue weighted by molar-refractivity contribution is 5.83. The summed E-state index contributed by atoms with van der Waals surface area (Å²) >= 11 is 0. The summed E-state index contributed by atoms with van der Waals surface area (Å²) in [5.41, 5.74) is -2.30. The Kier molecular flexibility index (Phi) is 3.35. The molecule has 0 heterocycles. The van der Waals surface area contributed by atoms with Crippen molar-refractivity contribution in [3.8, 4) is 0 Å². The van der Waals surface area contributed by atoms with Crippen molar-refractivity contribution < 1.29 is 18.0 Å². The second-order valence-electron chi connectivity index (χ2n) is 3.43. The Morgan fingerprint density at radius 2 is 1.69 bits per heavy atom. The van der Waals surface area contributed by atoms with Crippen molar-refractivity contribution in [1.82, 2.24) is 5.32 Å². The van der Waals surface area contributed by atoms with Crippen LogP contribution in [0.15, 0.2) is 0 Å². The second-order valence-corrected chi connectivity index (χ2v) is 3.43. The van der Waals surface area contributed by atoms with Crippen LogP contribution in [0.1, 0.15) is 20.8 Å². The summed E-state index contributed by atoms with van der Waals surface area (Å²) < 4.78 is 37.6. The molecule has 1 N–H and O–H groups in total. The third-order valence-electron chi connectivity index (χ3n) is 2.44. The average molecular weight is 197 g/mol. The van der Waals surface area contributed by atoms with Crippen LogP contribution < -0.4 is 5.32 Å². The fourth-order valence-electron chi connectivity index (χ4n) is 0.978. The Balaban J connectivity index is 5.08. The predicted molar refractivity (Wildman–Crippen MR) is 43.1 cm³/mol. The van der Waals surface area contributed by atoms with Gasteiger partial charge in [-0.25, -0.2) is 0 Å². The first-order chi connectivity index (χ1) is 5.67. The first kappa shape index (κ1) is 12.3. The van der Waals surface area contributed by atoms with Crippen LogP contribution in [0, 0.1) is 11.3 Å². The maximum absolute atomic E-state index is 12.5. The van der Waals surface area contributed by atoms with Crippen LogP contribution in [0.2, 0.25) is 0 Å². The lowest BCUT2D eigenvalue weighted by atomic mass is 9.77. The van der Waals surface area contributed by atoms with Crippen molar-refractivity contribution in [3.63, 3.8) is 0 Å². The van der Waals surface area contributed by atoms with Gasteiger partial charge in [0.15, 0.2) is 0 Å². The maximum Gasteiger partial charge on any atom is 0.403 e. The molecule has 0 saturated heterocycles. The van der Waals surface area contributed by atoms with E-state index in [9.17, 15) is 18.0 Å². The van der Waals surface area contributed by atoms with Crippen molar-refractivity contribution in [3.05, 3.63) is 0 Å². The minimum atomic E-state index is -4.51. The normalized spacial score (nSPS) is 16.9. The van der Waals surface area contributed by atoms with Crippen LogP contribution in [0.4, 0.5) is 13.2 Å². The number of nitrogens with one attached hydrogen (secondary N) is 1. The molecule has 0 aromatic carbocycles. The zero-order valence-corrected chi connectivity index (χ0v) is 8.12. The molecule has 0 aliphatic carbocycles. The third kappa shape index (κ3) is 1.95. The molecule has 13 heavy (non-hydrogen) atoms. The summed E-state index contributed by atoms with van der Waals surface area (Å²) in [6.07, 6.45) is -4.51. The summed E-state index contributed by atoms with van der Waals surface area (Å²) in [4.78, 5) is 11.1. The van der Waals surface area contributed by atoms with Gasteiger partial charge in [0.05, 0.1) is 0 Å². The Labute approximate surface area is 75.5 Å². The van der Waals surface area contributed by atoms with E-state index in [1.54, 1.807) is 0 Å². The van der Waals surface area contributed by atoms with E-state index in [1.165, 1.54) is 20.9 Å². The minimum absolute atomic E-state index is 0.785. The standard InChI is InChI=1S/C8H14F3NO/c1-5(2)7(3,6(13)12-4)8(9,10)11/h5H,1-4H3,(H,12,13)/t7-/m1/s1. The molecule has 0 unspecified atom stereocenters. The number of carbonyl (C=O) groups excluding carboxylic acids is 1. The zero-order valence-electron chi connectivity index (χ0n) is 8.12. The highest BCUT2D eigenvalue weighted by atomic mass is 19.4. The van der Waals surface area contributed by atoms with Gasteiger partial charge in [0, 0.05) is 7.05 Å². The monoisotopic (exact) mass is 197 g/mol. The molecule has 0 aliphatic heterocycles. The van der Waals surface area contributed by atoms with Gasteiger partial charge in [-0.15, -0.1) is 0 Å². The molecule has 0 radical (unpaired) electrons. The first-order valence-electron chi connectivity index (χ1n) is 3.96. The Morgan fingerprint density at radius 1 is 1.31 bits per heavy atom. The molecule has 0 aromatic heterocycles. The van der Waals surface area contributed by atoms with Gasteiger partial charge in [-0.05, 0) is 12.8 Å². The van der Waals surface area contributed by atoms with Crippen molar-refractivity contribution in [1.29, 1.82) is 0 Å². The van der Waals surface area contributed by atoms with E-state index in [0.717, 1.165) is 6.92 Å². The topological polar surface area (TPSA) is 29.1 Å². The highest BCUT2D eigenvalue weighted by Gasteiger charge is 2.58. The molecule has 0 bridgehead atoms. The third-order valence-corrected chi connectivity index (χ3v) is 2.44. The lowest BCUT2D eigenvalue weighted by Gasteiger charge is -2.33. The molecule has 0 fully saturated rings. The van der Waals surface area contributed by atoms with Gasteiger partial charge >= 0.3 is 6.18 Å². The van der Waals surface area contributed by atoms with Crippen molar-refractivity contribution in [2.75, 3.05) is 7.05 Å². The first-order valence-corrected chi connectivity index (χ1v) is 3.96. The SMILES string of the molecule is CNC(=O)[C@@](C)(C(C)C)C(F)(F)F. The predicted octanol–water partition coefficient (Wildman–Crippen LogP) is 1.96.